The van der Waals surface area contributed by atoms with Crippen LogP contribution in [0.4, 0.5) is 10.1 Å². The third-order valence-electron chi connectivity index (χ3n) is 5.82. The highest BCUT2D eigenvalue weighted by Crippen LogP contribution is 2.51. The monoisotopic (exact) mass is 367 g/mol. The average molecular weight is 367 g/mol. The van der Waals surface area contributed by atoms with E-state index in [0.717, 1.165) is 25.7 Å². The zero-order chi connectivity index (χ0) is 19.2. The summed E-state index contributed by atoms with van der Waals surface area (Å²) in [6.07, 6.45) is 4.20. The third-order valence-corrected chi connectivity index (χ3v) is 5.82. The van der Waals surface area contributed by atoms with Gasteiger partial charge in [-0.1, -0.05) is 25.0 Å². The van der Waals surface area contributed by atoms with E-state index in [0.29, 0.717) is 24.1 Å². The molecule has 1 spiro atoms. The van der Waals surface area contributed by atoms with Crippen molar-refractivity contribution in [3.05, 3.63) is 58.9 Å². The zero-order valence-corrected chi connectivity index (χ0v) is 14.7. The summed E-state index contributed by atoms with van der Waals surface area (Å²) in [5.41, 5.74) is 1.21. The van der Waals surface area contributed by atoms with E-state index in [1.165, 1.54) is 24.3 Å². The van der Waals surface area contributed by atoms with E-state index in [4.69, 9.17) is 0 Å². The van der Waals surface area contributed by atoms with Crippen LogP contribution in [0.1, 0.15) is 52.0 Å². The van der Waals surface area contributed by atoms with Crippen LogP contribution < -0.4 is 10.4 Å². The summed E-state index contributed by atoms with van der Waals surface area (Å²) in [4.78, 5) is 26.0. The number of hydrogen-bond acceptors (Lipinski definition) is 4. The fourth-order valence-electron chi connectivity index (χ4n) is 4.57. The minimum Gasteiger partial charge on any atom is -0.423 e. The van der Waals surface area contributed by atoms with E-state index in [2.05, 4.69) is 0 Å². The number of carbonyl (C=O) groups excluding carboxylic acids is 2. The molecule has 0 aromatic heterocycles. The first kappa shape index (κ1) is 17.9. The average Bonchev–Trinajstić information content (AvgIpc) is 3.27. The number of benzene rings is 2. The van der Waals surface area contributed by atoms with Crippen molar-refractivity contribution in [2.45, 2.75) is 31.1 Å². The predicted octanol–water partition coefficient (Wildman–Crippen LogP) is 1.79. The van der Waals surface area contributed by atoms with Crippen molar-refractivity contribution in [3.63, 3.8) is 0 Å². The molecule has 2 N–H and O–H groups in total. The van der Waals surface area contributed by atoms with Crippen LogP contribution in [0.5, 0.6) is 0 Å². The van der Waals surface area contributed by atoms with Crippen LogP contribution in [-0.4, -0.2) is 35.9 Å². The summed E-state index contributed by atoms with van der Waals surface area (Å²) in [5.74, 6) is -0.607. The number of anilines is 1. The quantitative estimate of drug-likeness (QED) is 0.641. The molecule has 2 aliphatic rings. The summed E-state index contributed by atoms with van der Waals surface area (Å²) >= 11 is 0. The van der Waals surface area contributed by atoms with E-state index in [1.807, 2.05) is 0 Å². The molecule has 7 heteroatoms. The summed E-state index contributed by atoms with van der Waals surface area (Å²) in [5, 5.41) is 18.7. The maximum Gasteiger partial charge on any atom is 0.489 e. The van der Waals surface area contributed by atoms with Crippen molar-refractivity contribution >= 4 is 30.5 Å². The molecule has 0 atom stereocenters. The first-order valence-electron chi connectivity index (χ1n) is 9.03. The molecule has 2 aromatic carbocycles. The molecule has 0 radical (unpaired) electrons. The molecule has 1 saturated carbocycles. The van der Waals surface area contributed by atoms with E-state index in [1.54, 1.807) is 17.0 Å². The first-order chi connectivity index (χ1) is 13.0. The van der Waals surface area contributed by atoms with Gasteiger partial charge in [-0.2, -0.15) is 0 Å². The minimum absolute atomic E-state index is 0.0432. The Morgan fingerprint density at radius 3 is 2.59 bits per heavy atom. The Kier molecular flexibility index (Phi) is 4.36. The van der Waals surface area contributed by atoms with E-state index >= 15 is 0 Å². The van der Waals surface area contributed by atoms with Crippen LogP contribution >= 0.6 is 0 Å². The molecule has 1 aliphatic carbocycles. The van der Waals surface area contributed by atoms with Crippen LogP contribution in [0.3, 0.4) is 0 Å². The van der Waals surface area contributed by atoms with Gasteiger partial charge in [0, 0.05) is 28.7 Å². The fraction of sp³-hybridized carbons (Fsp3) is 0.300. The summed E-state index contributed by atoms with van der Waals surface area (Å²) in [6.45, 7) is 0.420. The van der Waals surface area contributed by atoms with Crippen LogP contribution in [0.25, 0.3) is 0 Å². The van der Waals surface area contributed by atoms with E-state index in [9.17, 15) is 24.0 Å². The minimum atomic E-state index is -1.79. The molecule has 4 rings (SSSR count). The van der Waals surface area contributed by atoms with Gasteiger partial charge in [0.1, 0.15) is 12.1 Å². The molecule has 0 unspecified atom stereocenters. The van der Waals surface area contributed by atoms with Crippen LogP contribution in [0.2, 0.25) is 0 Å². The number of carbonyl (C=O) groups is 2. The largest absolute Gasteiger partial charge is 0.489 e. The van der Waals surface area contributed by atoms with Crippen molar-refractivity contribution in [2.24, 2.45) is 0 Å². The molecule has 138 valence electrons. The molecular formula is C20H19BFNO4. The maximum atomic E-state index is 14.6. The Labute approximate surface area is 156 Å². The SMILES string of the molecule is O=Cc1cc(C(=O)N2CC3(CCCC3)c3c(F)cccc32)ccc1B(O)O. The van der Waals surface area contributed by atoms with Gasteiger partial charge in [0.15, 0.2) is 0 Å². The van der Waals surface area contributed by atoms with Gasteiger partial charge in [-0.15, -0.1) is 0 Å². The van der Waals surface area contributed by atoms with Crippen LogP contribution in [0.15, 0.2) is 36.4 Å². The Morgan fingerprint density at radius 2 is 1.93 bits per heavy atom. The molecule has 0 bridgehead atoms. The summed E-state index contributed by atoms with van der Waals surface area (Å²) in [6, 6.07) is 8.97. The van der Waals surface area contributed by atoms with Gasteiger partial charge in [-0.3, -0.25) is 9.59 Å². The smallest absolute Gasteiger partial charge is 0.423 e. The Morgan fingerprint density at radius 1 is 1.19 bits per heavy atom. The standard InChI is InChI=1S/C20H19BFNO4/c22-16-4-3-5-17-18(16)20(8-1-2-9-20)12-23(17)19(25)13-6-7-15(21(26)27)14(10-13)11-24/h3-7,10-11,26-27H,1-2,8-9,12H2. The topological polar surface area (TPSA) is 77.8 Å². The predicted molar refractivity (Wildman–Crippen MR) is 99.9 cm³/mol. The summed E-state index contributed by atoms with van der Waals surface area (Å²) < 4.78 is 14.6. The number of nitrogens with zero attached hydrogens (tertiary/aromatic N) is 1. The highest BCUT2D eigenvalue weighted by Gasteiger charge is 2.48. The molecule has 27 heavy (non-hydrogen) atoms. The molecule has 2 aromatic rings. The van der Waals surface area contributed by atoms with Crippen molar-refractivity contribution in [1.82, 2.24) is 0 Å². The Bertz CT molecular complexity index is 924. The van der Waals surface area contributed by atoms with Crippen molar-refractivity contribution in [3.8, 4) is 0 Å². The second kappa shape index (κ2) is 6.58. The lowest BCUT2D eigenvalue weighted by Crippen LogP contribution is -2.37. The molecule has 5 nitrogen and oxygen atoms in total. The normalized spacial score (nSPS) is 17.2. The molecular weight excluding hydrogens is 348 g/mol. The van der Waals surface area contributed by atoms with Gasteiger partial charge in [0.25, 0.3) is 5.91 Å². The van der Waals surface area contributed by atoms with Crippen molar-refractivity contribution < 1.29 is 24.0 Å². The number of amides is 1. The second-order valence-electron chi connectivity index (χ2n) is 7.35. The highest BCUT2D eigenvalue weighted by atomic mass is 19.1. The highest BCUT2D eigenvalue weighted by molar-refractivity contribution is 6.60. The number of hydrogen-bond donors (Lipinski definition) is 2. The number of aldehydes is 1. The van der Waals surface area contributed by atoms with Gasteiger partial charge in [-0.05, 0) is 42.6 Å². The second-order valence-corrected chi connectivity index (χ2v) is 7.35. The van der Waals surface area contributed by atoms with Crippen molar-refractivity contribution in [2.75, 3.05) is 11.4 Å². The summed E-state index contributed by atoms with van der Waals surface area (Å²) in [7, 11) is -1.79. The van der Waals surface area contributed by atoms with E-state index in [-0.39, 0.29) is 33.7 Å². The zero-order valence-electron chi connectivity index (χ0n) is 14.7. The van der Waals surface area contributed by atoms with Crippen molar-refractivity contribution in [1.29, 1.82) is 0 Å². The molecule has 1 heterocycles. The van der Waals surface area contributed by atoms with Gasteiger partial charge >= 0.3 is 7.12 Å². The Balaban J connectivity index is 1.76. The molecule has 1 aliphatic heterocycles. The van der Waals surface area contributed by atoms with Gasteiger partial charge in [-0.25, -0.2) is 4.39 Å². The number of halogens is 1. The lowest BCUT2D eigenvalue weighted by atomic mass is 9.76. The lowest BCUT2D eigenvalue weighted by molar-refractivity contribution is 0.0985. The molecule has 0 saturated heterocycles. The van der Waals surface area contributed by atoms with Gasteiger partial charge in [0.05, 0.1) is 5.69 Å². The molecule has 1 fully saturated rings. The number of rotatable bonds is 3. The third kappa shape index (κ3) is 2.78. The molecule has 1 amide bonds. The van der Waals surface area contributed by atoms with Crippen LogP contribution in [0, 0.1) is 5.82 Å². The van der Waals surface area contributed by atoms with Gasteiger partial charge < -0.3 is 14.9 Å². The fourth-order valence-corrected chi connectivity index (χ4v) is 4.57. The number of fused-ring (bicyclic) bond motifs is 2. The van der Waals surface area contributed by atoms with E-state index < -0.39 is 7.12 Å². The first-order valence-corrected chi connectivity index (χ1v) is 9.03. The maximum absolute atomic E-state index is 14.6. The van der Waals surface area contributed by atoms with Gasteiger partial charge in [0.2, 0.25) is 0 Å². The Hall–Kier alpha value is -2.51. The lowest BCUT2D eigenvalue weighted by Gasteiger charge is -2.25. The van der Waals surface area contributed by atoms with Crippen LogP contribution in [-0.2, 0) is 5.41 Å².